The van der Waals surface area contributed by atoms with Crippen molar-refractivity contribution in [1.82, 2.24) is 5.43 Å². The van der Waals surface area contributed by atoms with E-state index in [0.29, 0.717) is 26.6 Å². The van der Waals surface area contributed by atoms with Crippen LogP contribution >= 0.6 is 27.5 Å². The van der Waals surface area contributed by atoms with Gasteiger partial charge in [-0.05, 0) is 51.0 Å². The van der Waals surface area contributed by atoms with Crippen molar-refractivity contribution in [1.29, 1.82) is 0 Å². The Balaban J connectivity index is 1.46. The maximum Gasteiger partial charge on any atom is 0.284 e. The van der Waals surface area contributed by atoms with Gasteiger partial charge >= 0.3 is 0 Å². The highest BCUT2D eigenvalue weighted by Gasteiger charge is 2.27. The van der Waals surface area contributed by atoms with Crippen LogP contribution in [0.3, 0.4) is 0 Å². The van der Waals surface area contributed by atoms with Gasteiger partial charge in [0.15, 0.2) is 11.5 Å². The van der Waals surface area contributed by atoms with Crippen LogP contribution < -0.4 is 14.9 Å². The first-order valence-electron chi connectivity index (χ1n) is 8.34. The third kappa shape index (κ3) is 3.76. The van der Waals surface area contributed by atoms with Crippen molar-refractivity contribution in [2.45, 2.75) is 6.10 Å². The number of aromatic hydroxyl groups is 1. The lowest BCUT2D eigenvalue weighted by molar-refractivity contribution is -0.130. The molecule has 1 aliphatic rings. The topological polar surface area (TPSA) is 80.2 Å². The van der Waals surface area contributed by atoms with Crippen molar-refractivity contribution < 1.29 is 19.4 Å². The van der Waals surface area contributed by atoms with Crippen molar-refractivity contribution in [3.05, 3.63) is 63.6 Å². The highest BCUT2D eigenvalue weighted by atomic mass is 79.9. The smallest absolute Gasteiger partial charge is 0.284 e. The summed E-state index contributed by atoms with van der Waals surface area (Å²) in [4.78, 5) is 12.4. The molecule has 3 aromatic carbocycles. The van der Waals surface area contributed by atoms with E-state index in [0.717, 1.165) is 10.8 Å². The Morgan fingerprint density at radius 2 is 1.93 bits per heavy atom. The molecule has 0 saturated heterocycles. The molecule has 6 nitrogen and oxygen atoms in total. The quantitative estimate of drug-likeness (QED) is 0.451. The Morgan fingerprint density at radius 3 is 2.68 bits per heavy atom. The molecular formula is C20H14BrClN2O4. The summed E-state index contributed by atoms with van der Waals surface area (Å²) in [5, 5.41) is 16.3. The number of fused-ring (bicyclic) bond motifs is 2. The van der Waals surface area contributed by atoms with Gasteiger partial charge in [0.05, 0.1) is 10.7 Å². The normalized spacial score (nSPS) is 15.7. The third-order valence-corrected chi connectivity index (χ3v) is 5.02. The van der Waals surface area contributed by atoms with E-state index < -0.39 is 12.0 Å². The van der Waals surface area contributed by atoms with Crippen LogP contribution in [0.25, 0.3) is 10.8 Å². The van der Waals surface area contributed by atoms with E-state index in [1.54, 1.807) is 6.07 Å². The molecule has 2 N–H and O–H groups in total. The summed E-state index contributed by atoms with van der Waals surface area (Å²) >= 11 is 9.14. The summed E-state index contributed by atoms with van der Waals surface area (Å²) in [6, 6.07) is 14.6. The Labute approximate surface area is 173 Å². The fourth-order valence-corrected chi connectivity index (χ4v) is 3.64. The largest absolute Gasteiger partial charge is 0.506 e. The number of phenolic OH excluding ortho intramolecular Hbond substituents is 1. The minimum Gasteiger partial charge on any atom is -0.506 e. The standard InChI is InChI=1S/C20H14BrClN2O4/c21-15-8-14(22)5-13(19(15)25)9-23-24-20(26)18-10-27-16-6-11-3-1-2-4-12(11)7-17(16)28-18/h1-9,18,25H,10H2,(H,24,26)/b23-9+. The number of carbonyl (C=O) groups excluding carboxylic acids is 1. The number of nitrogens with zero attached hydrogens (tertiary/aromatic N) is 1. The fourth-order valence-electron chi connectivity index (χ4n) is 2.81. The second-order valence-electron chi connectivity index (χ2n) is 6.12. The zero-order valence-electron chi connectivity index (χ0n) is 14.4. The SMILES string of the molecule is O=C(N/N=C/c1cc(Cl)cc(Br)c1O)C1COc2cc3ccccc3cc2O1. The molecule has 1 atom stereocenters. The highest BCUT2D eigenvalue weighted by Crippen LogP contribution is 2.36. The zero-order chi connectivity index (χ0) is 19.7. The van der Waals surface area contributed by atoms with Crippen LogP contribution in [-0.4, -0.2) is 29.9 Å². The first-order valence-corrected chi connectivity index (χ1v) is 9.51. The number of rotatable bonds is 3. The van der Waals surface area contributed by atoms with Crippen molar-refractivity contribution in [3.63, 3.8) is 0 Å². The average molecular weight is 462 g/mol. The van der Waals surface area contributed by atoms with E-state index in [-0.39, 0.29) is 12.4 Å². The molecule has 0 bridgehead atoms. The number of halogens is 2. The van der Waals surface area contributed by atoms with E-state index in [4.69, 9.17) is 21.1 Å². The molecule has 142 valence electrons. The van der Waals surface area contributed by atoms with E-state index in [9.17, 15) is 9.90 Å². The minimum absolute atomic E-state index is 0.0274. The molecule has 1 aliphatic heterocycles. The minimum atomic E-state index is -0.842. The number of hydrazone groups is 1. The van der Waals surface area contributed by atoms with Crippen LogP contribution in [-0.2, 0) is 4.79 Å². The Morgan fingerprint density at radius 1 is 1.21 bits per heavy atom. The zero-order valence-corrected chi connectivity index (χ0v) is 16.7. The van der Waals surface area contributed by atoms with Crippen LogP contribution in [0.15, 0.2) is 58.1 Å². The van der Waals surface area contributed by atoms with Gasteiger partial charge in [0, 0.05) is 10.6 Å². The second kappa shape index (κ2) is 7.69. The molecule has 28 heavy (non-hydrogen) atoms. The van der Waals surface area contributed by atoms with Crippen molar-refractivity contribution in [3.8, 4) is 17.2 Å². The van der Waals surface area contributed by atoms with E-state index >= 15 is 0 Å². The lowest BCUT2D eigenvalue weighted by atomic mass is 10.1. The van der Waals surface area contributed by atoms with Crippen molar-refractivity contribution >= 4 is 50.4 Å². The Hall–Kier alpha value is -2.77. The number of hydrogen-bond donors (Lipinski definition) is 2. The summed E-state index contributed by atoms with van der Waals surface area (Å²) in [5.41, 5.74) is 2.75. The number of carbonyl (C=O) groups is 1. The summed E-state index contributed by atoms with van der Waals surface area (Å²) in [5.74, 6) is 0.613. The van der Waals surface area contributed by atoms with Gasteiger partial charge < -0.3 is 14.6 Å². The number of nitrogens with one attached hydrogen (secondary N) is 1. The van der Waals surface area contributed by atoms with Gasteiger partial charge in [-0.25, -0.2) is 5.43 Å². The van der Waals surface area contributed by atoms with Gasteiger partial charge in [0.2, 0.25) is 6.10 Å². The van der Waals surface area contributed by atoms with E-state index in [1.165, 1.54) is 12.3 Å². The van der Waals surface area contributed by atoms with Crippen molar-refractivity contribution in [2.75, 3.05) is 6.61 Å². The van der Waals surface area contributed by atoms with Gasteiger partial charge in [-0.3, -0.25) is 4.79 Å². The molecular weight excluding hydrogens is 448 g/mol. The van der Waals surface area contributed by atoms with Gasteiger partial charge in [0.25, 0.3) is 5.91 Å². The molecule has 4 rings (SSSR count). The highest BCUT2D eigenvalue weighted by molar-refractivity contribution is 9.10. The molecule has 8 heteroatoms. The lowest BCUT2D eigenvalue weighted by Gasteiger charge is -2.25. The second-order valence-corrected chi connectivity index (χ2v) is 7.41. The Bertz CT molecular complexity index is 1100. The molecule has 0 radical (unpaired) electrons. The average Bonchev–Trinajstić information content (AvgIpc) is 2.69. The van der Waals surface area contributed by atoms with Gasteiger partial charge in [-0.1, -0.05) is 35.9 Å². The molecule has 0 aromatic heterocycles. The molecule has 0 aliphatic carbocycles. The first-order chi connectivity index (χ1) is 13.5. The number of hydrogen-bond acceptors (Lipinski definition) is 5. The fraction of sp³-hybridized carbons (Fsp3) is 0.100. The van der Waals surface area contributed by atoms with E-state index in [1.807, 2.05) is 36.4 Å². The number of ether oxygens (including phenoxy) is 2. The predicted molar refractivity (Wildman–Crippen MR) is 110 cm³/mol. The molecule has 0 fully saturated rings. The molecule has 3 aromatic rings. The van der Waals surface area contributed by atoms with Gasteiger partial charge in [-0.15, -0.1) is 0 Å². The lowest BCUT2D eigenvalue weighted by Crippen LogP contribution is -2.42. The molecule has 0 saturated carbocycles. The Kier molecular flexibility index (Phi) is 5.11. The van der Waals surface area contributed by atoms with Gasteiger partial charge in [0.1, 0.15) is 12.4 Å². The van der Waals surface area contributed by atoms with Crippen molar-refractivity contribution in [2.24, 2.45) is 5.10 Å². The van der Waals surface area contributed by atoms with Crippen LogP contribution in [0.1, 0.15) is 5.56 Å². The number of amides is 1. The molecule has 1 heterocycles. The number of phenols is 1. The van der Waals surface area contributed by atoms with Crippen LogP contribution in [0, 0.1) is 0 Å². The predicted octanol–water partition coefficient (Wildman–Crippen LogP) is 4.25. The van der Waals surface area contributed by atoms with E-state index in [2.05, 4.69) is 26.5 Å². The van der Waals surface area contributed by atoms with Crippen LogP contribution in [0.4, 0.5) is 0 Å². The number of benzene rings is 3. The first kappa shape index (κ1) is 18.6. The maximum atomic E-state index is 12.4. The van der Waals surface area contributed by atoms with Gasteiger partial charge in [-0.2, -0.15) is 5.10 Å². The summed E-state index contributed by atoms with van der Waals surface area (Å²) < 4.78 is 11.9. The molecule has 1 unspecified atom stereocenters. The monoisotopic (exact) mass is 460 g/mol. The molecule has 1 amide bonds. The van der Waals surface area contributed by atoms with Crippen LogP contribution in [0.5, 0.6) is 17.2 Å². The summed E-state index contributed by atoms with van der Waals surface area (Å²) in [6.45, 7) is 0.0701. The summed E-state index contributed by atoms with van der Waals surface area (Å²) in [7, 11) is 0. The van der Waals surface area contributed by atoms with Crippen LogP contribution in [0.2, 0.25) is 5.02 Å². The summed E-state index contributed by atoms with van der Waals surface area (Å²) in [6.07, 6.45) is 0.458. The third-order valence-electron chi connectivity index (χ3n) is 4.20. The molecule has 0 spiro atoms. The maximum absolute atomic E-state index is 12.4.